The first-order valence-electron chi connectivity index (χ1n) is 11.5. The SMILES string of the molecule is Cn1ccc(-c2cnc(-c3cn4ccc(C5CC(C)(C)NC(C)(C)C5)nc4n3)c(O)c2)cc1=O. The van der Waals surface area contributed by atoms with Gasteiger partial charge in [-0.15, -0.1) is 0 Å². The van der Waals surface area contributed by atoms with Crippen LogP contribution in [0.1, 0.15) is 52.1 Å². The molecule has 0 spiro atoms. The van der Waals surface area contributed by atoms with Gasteiger partial charge in [0.1, 0.15) is 17.1 Å². The maximum Gasteiger partial charge on any atom is 0.250 e. The van der Waals surface area contributed by atoms with Crippen molar-refractivity contribution in [1.82, 2.24) is 29.2 Å². The summed E-state index contributed by atoms with van der Waals surface area (Å²) in [4.78, 5) is 25.9. The van der Waals surface area contributed by atoms with Crippen molar-refractivity contribution in [1.29, 1.82) is 0 Å². The second-order valence-electron chi connectivity index (χ2n) is 10.6. The van der Waals surface area contributed by atoms with Crippen LogP contribution in [0.5, 0.6) is 5.75 Å². The number of piperidine rings is 1. The molecule has 34 heavy (non-hydrogen) atoms. The Morgan fingerprint density at radius 1 is 1.03 bits per heavy atom. The second kappa shape index (κ2) is 7.77. The van der Waals surface area contributed by atoms with Crippen LogP contribution in [0.2, 0.25) is 0 Å². The van der Waals surface area contributed by atoms with Crippen LogP contribution in [0.15, 0.2) is 53.8 Å². The number of pyridine rings is 2. The van der Waals surface area contributed by atoms with Crippen molar-refractivity contribution >= 4 is 5.78 Å². The lowest BCUT2D eigenvalue weighted by Gasteiger charge is -2.46. The largest absolute Gasteiger partial charge is 0.506 e. The lowest BCUT2D eigenvalue weighted by atomic mass is 9.74. The number of imidazole rings is 1. The van der Waals surface area contributed by atoms with E-state index in [2.05, 4.69) is 49.0 Å². The predicted molar refractivity (Wildman–Crippen MR) is 132 cm³/mol. The van der Waals surface area contributed by atoms with Gasteiger partial charge >= 0.3 is 0 Å². The summed E-state index contributed by atoms with van der Waals surface area (Å²) in [6.07, 6.45) is 9.13. The Bertz CT molecular complexity index is 1430. The first-order valence-corrected chi connectivity index (χ1v) is 11.5. The number of aryl methyl sites for hydroxylation is 1. The van der Waals surface area contributed by atoms with Gasteiger partial charge in [0, 0.05) is 66.2 Å². The molecule has 1 saturated heterocycles. The van der Waals surface area contributed by atoms with E-state index in [4.69, 9.17) is 4.98 Å². The molecule has 0 atom stereocenters. The molecule has 0 aromatic carbocycles. The van der Waals surface area contributed by atoms with Crippen molar-refractivity contribution in [3.63, 3.8) is 0 Å². The van der Waals surface area contributed by atoms with Gasteiger partial charge in [0.15, 0.2) is 0 Å². The van der Waals surface area contributed by atoms with Crippen molar-refractivity contribution in [3.05, 3.63) is 65.1 Å². The molecule has 176 valence electrons. The Hall–Kier alpha value is -3.52. The number of hydrogen-bond acceptors (Lipinski definition) is 6. The quantitative estimate of drug-likeness (QED) is 0.484. The van der Waals surface area contributed by atoms with Gasteiger partial charge in [0.25, 0.3) is 5.56 Å². The summed E-state index contributed by atoms with van der Waals surface area (Å²) in [5.41, 5.74) is 3.26. The average Bonchev–Trinajstić information content (AvgIpc) is 3.16. The molecule has 5 heterocycles. The van der Waals surface area contributed by atoms with Crippen LogP contribution in [-0.4, -0.2) is 40.1 Å². The number of hydrogen-bond donors (Lipinski definition) is 2. The minimum absolute atomic E-state index is 0.00339. The fraction of sp³-hybridized carbons (Fsp3) is 0.385. The molecule has 8 heteroatoms. The molecule has 1 aliphatic heterocycles. The lowest BCUT2D eigenvalue weighted by molar-refractivity contribution is 0.160. The molecular weight excluding hydrogens is 428 g/mol. The summed E-state index contributed by atoms with van der Waals surface area (Å²) in [5.74, 6) is 0.919. The highest BCUT2D eigenvalue weighted by atomic mass is 16.3. The van der Waals surface area contributed by atoms with Crippen molar-refractivity contribution in [2.75, 3.05) is 0 Å². The maximum absolute atomic E-state index is 12.0. The Morgan fingerprint density at radius 2 is 1.76 bits per heavy atom. The fourth-order valence-electron chi connectivity index (χ4n) is 5.29. The third kappa shape index (κ3) is 4.21. The molecule has 0 radical (unpaired) electrons. The smallest absolute Gasteiger partial charge is 0.250 e. The molecule has 0 amide bonds. The van der Waals surface area contributed by atoms with Crippen LogP contribution in [-0.2, 0) is 7.05 Å². The zero-order chi connectivity index (χ0) is 24.3. The van der Waals surface area contributed by atoms with Crippen LogP contribution < -0.4 is 10.9 Å². The van der Waals surface area contributed by atoms with Gasteiger partial charge in [-0.05, 0) is 64.3 Å². The van der Waals surface area contributed by atoms with Gasteiger partial charge in [0.05, 0.1) is 0 Å². The van der Waals surface area contributed by atoms with Crippen LogP contribution >= 0.6 is 0 Å². The summed E-state index contributed by atoms with van der Waals surface area (Å²) >= 11 is 0. The summed E-state index contributed by atoms with van der Waals surface area (Å²) in [6.45, 7) is 8.94. The maximum atomic E-state index is 12.0. The first-order chi connectivity index (χ1) is 16.0. The van der Waals surface area contributed by atoms with Gasteiger partial charge in [-0.3, -0.25) is 9.20 Å². The second-order valence-corrected chi connectivity index (χ2v) is 10.6. The molecule has 0 unspecified atom stereocenters. The zero-order valence-electron chi connectivity index (χ0n) is 20.2. The minimum Gasteiger partial charge on any atom is -0.506 e. The Morgan fingerprint density at radius 3 is 2.44 bits per heavy atom. The Kier molecular flexibility index (Phi) is 5.09. The summed E-state index contributed by atoms with van der Waals surface area (Å²) in [5, 5.41) is 14.4. The van der Waals surface area contributed by atoms with Gasteiger partial charge < -0.3 is 15.0 Å². The summed E-state index contributed by atoms with van der Waals surface area (Å²) in [6, 6.07) is 7.01. The number of aromatic nitrogens is 5. The molecular formula is C26H30N6O2. The molecule has 4 aromatic heterocycles. The molecule has 8 nitrogen and oxygen atoms in total. The highest BCUT2D eigenvalue weighted by Gasteiger charge is 2.38. The molecule has 4 aromatic rings. The highest BCUT2D eigenvalue weighted by Crippen LogP contribution is 2.38. The fourth-order valence-corrected chi connectivity index (χ4v) is 5.29. The molecule has 1 fully saturated rings. The van der Waals surface area contributed by atoms with Crippen molar-refractivity contribution < 1.29 is 5.11 Å². The van der Waals surface area contributed by atoms with E-state index in [1.807, 2.05) is 22.9 Å². The summed E-state index contributed by atoms with van der Waals surface area (Å²) in [7, 11) is 1.70. The van der Waals surface area contributed by atoms with E-state index in [-0.39, 0.29) is 22.4 Å². The van der Waals surface area contributed by atoms with E-state index >= 15 is 0 Å². The van der Waals surface area contributed by atoms with Gasteiger partial charge in [-0.2, -0.15) is 0 Å². The van der Waals surface area contributed by atoms with Crippen molar-refractivity contribution in [3.8, 4) is 28.3 Å². The van der Waals surface area contributed by atoms with Gasteiger partial charge in [-0.1, -0.05) is 0 Å². The van der Waals surface area contributed by atoms with E-state index in [1.54, 1.807) is 25.5 Å². The number of nitrogens with one attached hydrogen (secondary N) is 1. The van der Waals surface area contributed by atoms with Crippen LogP contribution in [0.4, 0.5) is 0 Å². The monoisotopic (exact) mass is 458 g/mol. The minimum atomic E-state index is -0.121. The number of rotatable bonds is 3. The van der Waals surface area contributed by atoms with Crippen LogP contribution in [0.3, 0.4) is 0 Å². The van der Waals surface area contributed by atoms with Gasteiger partial charge in [0.2, 0.25) is 5.78 Å². The molecule has 0 aliphatic carbocycles. The molecule has 1 aliphatic rings. The third-order valence-corrected chi connectivity index (χ3v) is 6.50. The van der Waals surface area contributed by atoms with Gasteiger partial charge in [-0.25, -0.2) is 15.0 Å². The third-order valence-electron chi connectivity index (χ3n) is 6.50. The highest BCUT2D eigenvalue weighted by molar-refractivity contribution is 5.71. The predicted octanol–water partition coefficient (Wildman–Crippen LogP) is 3.89. The first kappa shape index (κ1) is 22.3. The number of fused-ring (bicyclic) bond motifs is 1. The van der Waals surface area contributed by atoms with Crippen molar-refractivity contribution in [2.45, 2.75) is 57.5 Å². The summed E-state index contributed by atoms with van der Waals surface area (Å²) < 4.78 is 3.35. The Balaban J connectivity index is 1.47. The Labute approximate surface area is 198 Å². The number of aromatic hydroxyl groups is 1. The van der Waals surface area contributed by atoms with E-state index < -0.39 is 0 Å². The molecule has 2 N–H and O–H groups in total. The average molecular weight is 459 g/mol. The van der Waals surface area contributed by atoms with E-state index in [0.29, 0.717) is 34.2 Å². The zero-order valence-corrected chi connectivity index (χ0v) is 20.2. The topological polar surface area (TPSA) is 97.3 Å². The van der Waals surface area contributed by atoms with E-state index in [9.17, 15) is 9.90 Å². The molecule has 0 bridgehead atoms. The standard InChI is InChI=1S/C26H30N6O2/c1-25(2)12-18(13-26(3,4)30-25)19-7-9-32-15-20(29-24(32)28-19)23-21(33)10-17(14-27-23)16-6-8-31(5)22(34)11-16/h6-11,14-15,18,30,33H,12-13H2,1-5H3. The van der Waals surface area contributed by atoms with E-state index in [1.165, 1.54) is 10.6 Å². The molecule has 0 saturated carbocycles. The molecule has 5 rings (SSSR count). The van der Waals surface area contributed by atoms with Crippen LogP contribution in [0.25, 0.3) is 28.3 Å². The van der Waals surface area contributed by atoms with E-state index in [0.717, 1.165) is 18.5 Å². The van der Waals surface area contributed by atoms with Crippen LogP contribution in [0, 0.1) is 0 Å². The normalized spacial score (nSPS) is 17.8. The lowest BCUT2D eigenvalue weighted by Crippen LogP contribution is -2.57. The number of nitrogens with zero attached hydrogens (tertiary/aromatic N) is 5. The van der Waals surface area contributed by atoms with Crippen molar-refractivity contribution in [2.24, 2.45) is 7.05 Å².